The van der Waals surface area contributed by atoms with Crippen LogP contribution in [0.4, 0.5) is 11.4 Å². The maximum absolute atomic E-state index is 12.7. The number of furan rings is 1. The normalized spacial score (nSPS) is 11.1. The van der Waals surface area contributed by atoms with Crippen LogP contribution in [0.5, 0.6) is 11.5 Å². The molecule has 0 aliphatic heterocycles. The van der Waals surface area contributed by atoms with E-state index < -0.39 is 0 Å². The summed E-state index contributed by atoms with van der Waals surface area (Å²) in [6.07, 6.45) is 0. The number of nitrogens with one attached hydrogen (secondary N) is 2. The Morgan fingerprint density at radius 1 is 0.853 bits per heavy atom. The molecule has 4 rings (SSSR count). The molecule has 3 aromatic carbocycles. The number of methoxy groups -OCH3 is 2. The highest BCUT2D eigenvalue weighted by atomic mass is 35.5. The third kappa shape index (κ3) is 5.08. The molecule has 1 aromatic heterocycles. The summed E-state index contributed by atoms with van der Waals surface area (Å²) in [7, 11) is 4.72. The van der Waals surface area contributed by atoms with Crippen LogP contribution in [0.2, 0.25) is 5.02 Å². The number of rotatable bonds is 8. The molecule has 34 heavy (non-hydrogen) atoms. The minimum Gasteiger partial charge on any atom is -0.495 e. The summed E-state index contributed by atoms with van der Waals surface area (Å²) in [6.45, 7) is -0.0236. The lowest BCUT2D eigenvalue weighted by Crippen LogP contribution is -2.36. The van der Waals surface area contributed by atoms with Crippen molar-refractivity contribution in [3.8, 4) is 11.5 Å². The molecule has 0 saturated carbocycles. The predicted octanol–water partition coefficient (Wildman–Crippen LogP) is 4.77. The van der Waals surface area contributed by atoms with Crippen LogP contribution in [-0.2, 0) is 9.59 Å². The predicted molar refractivity (Wildman–Crippen MR) is 133 cm³/mol. The largest absolute Gasteiger partial charge is 0.495 e. The highest BCUT2D eigenvalue weighted by molar-refractivity contribution is 6.31. The van der Waals surface area contributed by atoms with E-state index >= 15 is 0 Å². The van der Waals surface area contributed by atoms with Gasteiger partial charge < -0.3 is 24.5 Å². The van der Waals surface area contributed by atoms with Gasteiger partial charge in [0.25, 0.3) is 0 Å². The number of halogens is 1. The maximum Gasteiger partial charge on any atom is 0.238 e. The number of carbonyl (C=O) groups is 2. The molecule has 0 aliphatic rings. The number of hydrogen-bond acceptors (Lipinski definition) is 6. The van der Waals surface area contributed by atoms with Crippen molar-refractivity contribution in [2.45, 2.75) is 0 Å². The fourth-order valence-corrected chi connectivity index (χ4v) is 3.89. The first-order valence-corrected chi connectivity index (χ1v) is 10.9. The molecule has 0 saturated heterocycles. The zero-order valence-corrected chi connectivity index (χ0v) is 19.7. The van der Waals surface area contributed by atoms with E-state index in [1.807, 2.05) is 30.3 Å². The molecule has 176 valence electrons. The summed E-state index contributed by atoms with van der Waals surface area (Å²) in [5, 5.41) is 7.93. The minimum absolute atomic E-state index is 0.0111. The highest BCUT2D eigenvalue weighted by Crippen LogP contribution is 2.36. The third-order valence-corrected chi connectivity index (χ3v) is 5.47. The summed E-state index contributed by atoms with van der Waals surface area (Å²) < 4.78 is 16.6. The Hall–Kier alpha value is -3.75. The van der Waals surface area contributed by atoms with Gasteiger partial charge in [-0.25, -0.2) is 0 Å². The third-order valence-electron chi connectivity index (χ3n) is 5.24. The van der Waals surface area contributed by atoms with Crippen LogP contribution in [0.15, 0.2) is 59.0 Å². The van der Waals surface area contributed by atoms with E-state index in [2.05, 4.69) is 10.6 Å². The molecule has 0 radical (unpaired) electrons. The fourth-order valence-electron chi connectivity index (χ4n) is 3.72. The number of amides is 2. The molecule has 1 heterocycles. The molecule has 0 atom stereocenters. The van der Waals surface area contributed by atoms with Gasteiger partial charge in [-0.2, -0.15) is 0 Å². The molecule has 2 N–H and O–H groups in total. The molecule has 0 aliphatic carbocycles. The van der Waals surface area contributed by atoms with E-state index in [9.17, 15) is 9.59 Å². The molecular weight excluding hydrogens is 458 g/mol. The van der Waals surface area contributed by atoms with Crippen molar-refractivity contribution in [1.29, 1.82) is 0 Å². The number of hydrogen-bond donors (Lipinski definition) is 2. The van der Waals surface area contributed by atoms with E-state index in [-0.39, 0.29) is 24.9 Å². The number of benzene rings is 3. The topological polar surface area (TPSA) is 93.0 Å². The molecule has 0 bridgehead atoms. The van der Waals surface area contributed by atoms with Crippen LogP contribution in [0.1, 0.15) is 0 Å². The SMILES string of the molecule is COc1ccc(Cl)cc1NC(=O)CN(C)CC(=O)Nc1cc2oc3ccccc3c2cc1OC. The van der Waals surface area contributed by atoms with Gasteiger partial charge in [-0.15, -0.1) is 0 Å². The van der Waals surface area contributed by atoms with Crippen LogP contribution in [0, 0.1) is 0 Å². The van der Waals surface area contributed by atoms with Crippen molar-refractivity contribution < 1.29 is 23.5 Å². The van der Waals surface area contributed by atoms with E-state index in [0.29, 0.717) is 33.5 Å². The van der Waals surface area contributed by atoms with E-state index in [4.69, 9.17) is 25.5 Å². The van der Waals surface area contributed by atoms with Crippen molar-refractivity contribution in [3.05, 3.63) is 59.6 Å². The van der Waals surface area contributed by atoms with Gasteiger partial charge in [-0.1, -0.05) is 29.8 Å². The Labute approximate surface area is 201 Å². The molecule has 8 nitrogen and oxygen atoms in total. The number of para-hydroxylation sites is 1. The maximum atomic E-state index is 12.7. The lowest BCUT2D eigenvalue weighted by molar-refractivity contribution is -0.119. The lowest BCUT2D eigenvalue weighted by Gasteiger charge is -2.17. The Kier molecular flexibility index (Phi) is 6.90. The van der Waals surface area contributed by atoms with Gasteiger partial charge in [-0.3, -0.25) is 14.5 Å². The van der Waals surface area contributed by atoms with Gasteiger partial charge in [0.1, 0.15) is 22.7 Å². The van der Waals surface area contributed by atoms with E-state index in [0.717, 1.165) is 16.4 Å². The zero-order chi connectivity index (χ0) is 24.2. The molecule has 0 unspecified atom stereocenters. The molecular formula is C25H24ClN3O5. The van der Waals surface area contributed by atoms with Gasteiger partial charge in [0.2, 0.25) is 11.8 Å². The van der Waals surface area contributed by atoms with Crippen LogP contribution in [-0.4, -0.2) is 51.1 Å². The Morgan fingerprint density at radius 3 is 2.18 bits per heavy atom. The van der Waals surface area contributed by atoms with Crippen molar-refractivity contribution in [2.24, 2.45) is 0 Å². The first-order chi connectivity index (χ1) is 16.4. The second kappa shape index (κ2) is 10.0. The van der Waals surface area contributed by atoms with Crippen molar-refractivity contribution >= 4 is 56.7 Å². The van der Waals surface area contributed by atoms with Gasteiger partial charge in [-0.05, 0) is 37.4 Å². The number of anilines is 2. The fraction of sp³-hybridized carbons (Fsp3) is 0.200. The number of likely N-dealkylation sites (N-methyl/N-ethyl adjacent to an activating group) is 1. The Bertz CT molecular complexity index is 1370. The van der Waals surface area contributed by atoms with Crippen LogP contribution in [0.25, 0.3) is 21.9 Å². The first kappa shape index (κ1) is 23.4. The minimum atomic E-state index is -0.308. The quantitative estimate of drug-likeness (QED) is 0.376. The molecule has 0 fully saturated rings. The smallest absolute Gasteiger partial charge is 0.238 e. The standard InChI is InChI=1S/C25H24ClN3O5/c1-29(13-24(30)27-18-10-15(26)8-9-21(18)32-2)14-25(31)28-19-12-22-17(11-23(19)33-3)16-6-4-5-7-20(16)34-22/h4-12H,13-14H2,1-3H3,(H,27,30)(H,28,31). The summed E-state index contributed by atoms with van der Waals surface area (Å²) in [4.78, 5) is 26.7. The number of ether oxygens (including phenoxy) is 2. The summed E-state index contributed by atoms with van der Waals surface area (Å²) >= 11 is 6.01. The van der Waals surface area contributed by atoms with Crippen molar-refractivity contribution in [1.82, 2.24) is 4.90 Å². The van der Waals surface area contributed by atoms with Gasteiger partial charge in [0, 0.05) is 21.9 Å². The number of nitrogens with zero attached hydrogens (tertiary/aromatic N) is 1. The molecule has 2 amide bonds. The van der Waals surface area contributed by atoms with E-state index in [1.165, 1.54) is 7.11 Å². The second-order valence-corrected chi connectivity index (χ2v) is 8.20. The van der Waals surface area contributed by atoms with Crippen LogP contribution >= 0.6 is 11.6 Å². The van der Waals surface area contributed by atoms with Crippen LogP contribution in [0.3, 0.4) is 0 Å². The first-order valence-electron chi connectivity index (χ1n) is 10.5. The molecule has 0 spiro atoms. The zero-order valence-electron chi connectivity index (χ0n) is 19.0. The van der Waals surface area contributed by atoms with E-state index in [1.54, 1.807) is 43.3 Å². The van der Waals surface area contributed by atoms with Gasteiger partial charge >= 0.3 is 0 Å². The lowest BCUT2D eigenvalue weighted by atomic mass is 10.1. The Morgan fingerprint density at radius 2 is 1.50 bits per heavy atom. The van der Waals surface area contributed by atoms with Gasteiger partial charge in [0.05, 0.1) is 38.7 Å². The average molecular weight is 482 g/mol. The monoisotopic (exact) mass is 481 g/mol. The summed E-state index contributed by atoms with van der Waals surface area (Å²) in [5.74, 6) is 0.397. The van der Waals surface area contributed by atoms with Crippen LogP contribution < -0.4 is 20.1 Å². The summed E-state index contributed by atoms with van der Waals surface area (Å²) in [6, 6.07) is 16.2. The Balaban J connectivity index is 1.41. The highest BCUT2D eigenvalue weighted by Gasteiger charge is 2.17. The number of fused-ring (bicyclic) bond motifs is 3. The average Bonchev–Trinajstić information content (AvgIpc) is 3.15. The van der Waals surface area contributed by atoms with Crippen molar-refractivity contribution in [3.63, 3.8) is 0 Å². The second-order valence-electron chi connectivity index (χ2n) is 7.76. The van der Waals surface area contributed by atoms with Gasteiger partial charge in [0.15, 0.2) is 0 Å². The summed E-state index contributed by atoms with van der Waals surface area (Å²) in [5.41, 5.74) is 2.34. The number of carbonyl (C=O) groups excluding carboxylic acids is 2. The molecule has 4 aromatic rings. The van der Waals surface area contributed by atoms with Crippen molar-refractivity contribution in [2.75, 3.05) is 45.0 Å². The molecule has 9 heteroatoms.